The normalized spacial score (nSPS) is 25.0. The molecule has 1 aromatic rings. The molecule has 116 valence electrons. The average molecular weight is 294 g/mol. The fourth-order valence-electron chi connectivity index (χ4n) is 2.87. The molecular formula is C16H23FN2O2. The van der Waals surface area contributed by atoms with Crippen molar-refractivity contribution in [3.63, 3.8) is 0 Å². The molecule has 1 aliphatic carbocycles. The zero-order valence-electron chi connectivity index (χ0n) is 12.2. The van der Waals surface area contributed by atoms with Crippen LogP contribution in [0, 0.1) is 5.82 Å². The lowest BCUT2D eigenvalue weighted by Crippen LogP contribution is -2.47. The summed E-state index contributed by atoms with van der Waals surface area (Å²) < 4.78 is 19.3. The largest absolute Gasteiger partial charge is 0.387 e. The number of aliphatic hydroxyl groups excluding tert-OH is 1. The molecule has 4 nitrogen and oxygen atoms in total. The van der Waals surface area contributed by atoms with Crippen molar-refractivity contribution in [3.8, 4) is 0 Å². The van der Waals surface area contributed by atoms with Crippen molar-refractivity contribution in [1.29, 1.82) is 0 Å². The third kappa shape index (κ3) is 4.01. The van der Waals surface area contributed by atoms with Crippen molar-refractivity contribution in [2.24, 2.45) is 0 Å². The number of halogens is 1. The topological polar surface area (TPSA) is 44.7 Å². The minimum absolute atomic E-state index is 0.159. The van der Waals surface area contributed by atoms with Gasteiger partial charge in [-0.25, -0.2) is 4.39 Å². The van der Waals surface area contributed by atoms with E-state index in [1.807, 2.05) is 0 Å². The van der Waals surface area contributed by atoms with Crippen LogP contribution >= 0.6 is 0 Å². The molecular weight excluding hydrogens is 271 g/mol. The van der Waals surface area contributed by atoms with Gasteiger partial charge in [0, 0.05) is 37.8 Å². The summed E-state index contributed by atoms with van der Waals surface area (Å²) in [6.07, 6.45) is 1.96. The molecule has 0 spiro atoms. The van der Waals surface area contributed by atoms with Gasteiger partial charge in [0.25, 0.3) is 0 Å². The van der Waals surface area contributed by atoms with Crippen LogP contribution in [0.3, 0.4) is 0 Å². The van der Waals surface area contributed by atoms with Crippen molar-refractivity contribution >= 4 is 0 Å². The maximum absolute atomic E-state index is 13.5. The van der Waals surface area contributed by atoms with Crippen LogP contribution in [0.15, 0.2) is 24.3 Å². The third-order valence-corrected chi connectivity index (χ3v) is 4.21. The van der Waals surface area contributed by atoms with Gasteiger partial charge in [-0.1, -0.05) is 18.2 Å². The lowest BCUT2D eigenvalue weighted by atomic mass is 10.1. The van der Waals surface area contributed by atoms with E-state index >= 15 is 0 Å². The molecule has 0 amide bonds. The number of benzene rings is 1. The van der Waals surface area contributed by atoms with Crippen LogP contribution in [0.25, 0.3) is 0 Å². The molecule has 0 unspecified atom stereocenters. The summed E-state index contributed by atoms with van der Waals surface area (Å²) in [5.41, 5.74) is 0.342. The highest BCUT2D eigenvalue weighted by molar-refractivity contribution is 5.19. The van der Waals surface area contributed by atoms with Gasteiger partial charge >= 0.3 is 0 Å². The number of rotatable bonds is 6. The van der Waals surface area contributed by atoms with Gasteiger partial charge in [0.2, 0.25) is 0 Å². The van der Waals surface area contributed by atoms with Gasteiger partial charge in [-0.3, -0.25) is 4.90 Å². The van der Waals surface area contributed by atoms with E-state index in [1.165, 1.54) is 18.9 Å². The summed E-state index contributed by atoms with van der Waals surface area (Å²) in [7, 11) is 0. The first kappa shape index (κ1) is 14.9. The minimum Gasteiger partial charge on any atom is -0.387 e. The Morgan fingerprint density at radius 3 is 2.95 bits per heavy atom. The monoisotopic (exact) mass is 294 g/mol. The van der Waals surface area contributed by atoms with E-state index in [-0.39, 0.29) is 11.9 Å². The molecule has 2 N–H and O–H groups in total. The maximum Gasteiger partial charge on any atom is 0.129 e. The fourth-order valence-corrected chi connectivity index (χ4v) is 2.87. The summed E-state index contributed by atoms with van der Waals surface area (Å²) in [5.74, 6) is -0.361. The van der Waals surface area contributed by atoms with E-state index in [4.69, 9.17) is 4.74 Å². The molecule has 5 heteroatoms. The smallest absolute Gasteiger partial charge is 0.129 e. The predicted molar refractivity (Wildman–Crippen MR) is 78.6 cm³/mol. The van der Waals surface area contributed by atoms with Gasteiger partial charge in [0.05, 0.1) is 18.8 Å². The van der Waals surface area contributed by atoms with E-state index in [0.29, 0.717) is 18.7 Å². The summed E-state index contributed by atoms with van der Waals surface area (Å²) in [5, 5.41) is 13.2. The molecule has 1 aliphatic heterocycles. The Kier molecular flexibility index (Phi) is 4.85. The Balaban J connectivity index is 1.42. The fraction of sp³-hybridized carbons (Fsp3) is 0.625. The van der Waals surface area contributed by atoms with E-state index in [0.717, 1.165) is 25.7 Å². The van der Waals surface area contributed by atoms with E-state index in [2.05, 4.69) is 10.2 Å². The summed E-state index contributed by atoms with van der Waals surface area (Å²) >= 11 is 0. The molecule has 1 saturated heterocycles. The Morgan fingerprint density at radius 2 is 2.19 bits per heavy atom. The number of ether oxygens (including phenoxy) is 1. The highest BCUT2D eigenvalue weighted by atomic mass is 19.1. The Hall–Kier alpha value is -1.01. The SMILES string of the molecule is O[C@@H](CNC[C@H]1CN(C2CC2)CCO1)c1ccccc1F. The first-order valence-corrected chi connectivity index (χ1v) is 7.73. The molecule has 2 fully saturated rings. The number of morpholine rings is 1. The lowest BCUT2D eigenvalue weighted by Gasteiger charge is -2.33. The quantitative estimate of drug-likeness (QED) is 0.830. The van der Waals surface area contributed by atoms with Crippen LogP contribution in [0.5, 0.6) is 0 Å². The molecule has 3 rings (SSSR count). The predicted octanol–water partition coefficient (Wildman–Crippen LogP) is 1.31. The standard InChI is InChI=1S/C16H23FN2O2/c17-15-4-2-1-3-14(15)16(20)10-18-9-13-11-19(7-8-21-13)12-5-6-12/h1-4,12-13,16,18,20H,5-11H2/t13-,16-/m0/s1. The second-order valence-corrected chi connectivity index (χ2v) is 5.91. The maximum atomic E-state index is 13.5. The van der Waals surface area contributed by atoms with Crippen LogP contribution in [-0.4, -0.2) is 54.9 Å². The van der Waals surface area contributed by atoms with E-state index in [9.17, 15) is 9.50 Å². The summed E-state index contributed by atoms with van der Waals surface area (Å²) in [6.45, 7) is 3.78. The van der Waals surface area contributed by atoms with Gasteiger partial charge in [-0.05, 0) is 18.9 Å². The van der Waals surface area contributed by atoms with Gasteiger partial charge in [0.15, 0.2) is 0 Å². The molecule has 2 atom stereocenters. The van der Waals surface area contributed by atoms with Crippen molar-refractivity contribution in [2.75, 3.05) is 32.8 Å². The molecule has 0 aromatic heterocycles. The first-order chi connectivity index (χ1) is 10.2. The molecule has 0 bridgehead atoms. The second kappa shape index (κ2) is 6.83. The Bertz CT molecular complexity index is 467. The van der Waals surface area contributed by atoms with Crippen LogP contribution in [0.2, 0.25) is 0 Å². The summed E-state index contributed by atoms with van der Waals surface area (Å²) in [6, 6.07) is 7.12. The van der Waals surface area contributed by atoms with Crippen LogP contribution in [0.4, 0.5) is 4.39 Å². The van der Waals surface area contributed by atoms with E-state index < -0.39 is 6.10 Å². The molecule has 1 saturated carbocycles. The summed E-state index contributed by atoms with van der Waals surface area (Å²) in [4.78, 5) is 2.49. The minimum atomic E-state index is -0.825. The Morgan fingerprint density at radius 1 is 1.38 bits per heavy atom. The molecule has 0 radical (unpaired) electrons. The number of hydrogen-bond acceptors (Lipinski definition) is 4. The molecule has 1 heterocycles. The van der Waals surface area contributed by atoms with Gasteiger partial charge in [-0.15, -0.1) is 0 Å². The zero-order valence-corrected chi connectivity index (χ0v) is 12.2. The second-order valence-electron chi connectivity index (χ2n) is 5.91. The van der Waals surface area contributed by atoms with Crippen molar-refractivity contribution in [1.82, 2.24) is 10.2 Å². The third-order valence-electron chi connectivity index (χ3n) is 4.21. The highest BCUT2D eigenvalue weighted by Gasteiger charge is 2.32. The number of nitrogens with zero attached hydrogens (tertiary/aromatic N) is 1. The number of nitrogens with one attached hydrogen (secondary N) is 1. The number of hydrogen-bond donors (Lipinski definition) is 2. The van der Waals surface area contributed by atoms with Crippen LogP contribution in [0.1, 0.15) is 24.5 Å². The average Bonchev–Trinajstić information content (AvgIpc) is 3.32. The molecule has 21 heavy (non-hydrogen) atoms. The highest BCUT2D eigenvalue weighted by Crippen LogP contribution is 2.28. The van der Waals surface area contributed by atoms with E-state index in [1.54, 1.807) is 18.2 Å². The molecule has 1 aromatic carbocycles. The van der Waals surface area contributed by atoms with Crippen molar-refractivity contribution < 1.29 is 14.2 Å². The Labute approximate surface area is 124 Å². The van der Waals surface area contributed by atoms with Crippen molar-refractivity contribution in [3.05, 3.63) is 35.6 Å². The molecule has 2 aliphatic rings. The van der Waals surface area contributed by atoms with Gasteiger partial charge in [-0.2, -0.15) is 0 Å². The van der Waals surface area contributed by atoms with Crippen molar-refractivity contribution in [2.45, 2.75) is 31.1 Å². The lowest BCUT2D eigenvalue weighted by molar-refractivity contribution is -0.0309. The van der Waals surface area contributed by atoms with Crippen LogP contribution < -0.4 is 5.32 Å². The van der Waals surface area contributed by atoms with Gasteiger partial charge < -0.3 is 15.2 Å². The number of aliphatic hydroxyl groups is 1. The zero-order chi connectivity index (χ0) is 14.7. The van der Waals surface area contributed by atoms with Gasteiger partial charge in [0.1, 0.15) is 5.82 Å². The van der Waals surface area contributed by atoms with Crippen LogP contribution in [-0.2, 0) is 4.74 Å². The first-order valence-electron chi connectivity index (χ1n) is 7.73.